The van der Waals surface area contributed by atoms with E-state index in [1.807, 2.05) is 0 Å². The molecule has 0 atom stereocenters. The van der Waals surface area contributed by atoms with Gasteiger partial charge >= 0.3 is 0 Å². The molecule has 106 valence electrons. The second kappa shape index (κ2) is 6.40. The maximum absolute atomic E-state index is 5.45. The zero-order valence-electron chi connectivity index (χ0n) is 12.3. The smallest absolute Gasteiger partial charge is 0.122 e. The van der Waals surface area contributed by atoms with Gasteiger partial charge in [-0.25, -0.2) is 0 Å². The lowest BCUT2D eigenvalue weighted by molar-refractivity contribution is 0.185. The van der Waals surface area contributed by atoms with Crippen LogP contribution in [0, 0.1) is 6.92 Å². The maximum atomic E-state index is 5.45. The normalized spacial score (nSPS) is 17.0. The molecule has 0 aromatic heterocycles. The van der Waals surface area contributed by atoms with Crippen LogP contribution in [0.2, 0.25) is 0 Å². The summed E-state index contributed by atoms with van der Waals surface area (Å²) in [5.41, 5.74) is 2.91. The van der Waals surface area contributed by atoms with E-state index in [1.165, 1.54) is 30.4 Å². The van der Waals surface area contributed by atoms with Crippen molar-refractivity contribution in [2.45, 2.75) is 31.6 Å². The molecule has 3 heteroatoms. The minimum absolute atomic E-state index is 0.300. The van der Waals surface area contributed by atoms with Gasteiger partial charge in [-0.3, -0.25) is 0 Å². The summed E-state index contributed by atoms with van der Waals surface area (Å²) in [4.78, 5) is 0. The molecule has 19 heavy (non-hydrogen) atoms. The first kappa shape index (κ1) is 14.4. The van der Waals surface area contributed by atoms with Crippen molar-refractivity contribution in [1.29, 1.82) is 0 Å². The highest BCUT2D eigenvalue weighted by atomic mass is 16.5. The zero-order chi connectivity index (χ0) is 13.7. The molecule has 0 spiro atoms. The zero-order valence-corrected chi connectivity index (χ0v) is 12.3. The van der Waals surface area contributed by atoms with E-state index < -0.39 is 0 Å². The van der Waals surface area contributed by atoms with Crippen LogP contribution in [0.1, 0.15) is 30.4 Å². The van der Waals surface area contributed by atoms with Crippen LogP contribution in [0.5, 0.6) is 5.75 Å². The van der Waals surface area contributed by atoms with Gasteiger partial charge in [-0.05, 0) is 37.0 Å². The van der Waals surface area contributed by atoms with Crippen LogP contribution in [-0.2, 0) is 10.2 Å². The molecular weight excluding hydrogens is 238 g/mol. The minimum Gasteiger partial charge on any atom is -0.496 e. The third kappa shape index (κ3) is 3.10. The second-order valence-electron chi connectivity index (χ2n) is 5.49. The van der Waals surface area contributed by atoms with Crippen molar-refractivity contribution in [2.24, 2.45) is 0 Å². The molecule has 0 unspecified atom stereocenters. The molecular formula is C16H25NO2. The Hall–Kier alpha value is -1.06. The van der Waals surface area contributed by atoms with Crippen molar-refractivity contribution < 1.29 is 9.47 Å². The monoisotopic (exact) mass is 263 g/mol. The molecule has 1 aromatic rings. The predicted molar refractivity (Wildman–Crippen MR) is 78.0 cm³/mol. The van der Waals surface area contributed by atoms with Crippen molar-refractivity contribution in [2.75, 3.05) is 33.9 Å². The van der Waals surface area contributed by atoms with Crippen LogP contribution in [-0.4, -0.2) is 33.9 Å². The van der Waals surface area contributed by atoms with Gasteiger partial charge in [0.2, 0.25) is 0 Å². The highest BCUT2D eigenvalue weighted by Crippen LogP contribution is 2.44. The van der Waals surface area contributed by atoms with Crippen LogP contribution in [0.3, 0.4) is 0 Å². The molecule has 0 bridgehead atoms. The number of nitrogens with one attached hydrogen (secondary N) is 1. The highest BCUT2D eigenvalue weighted by molar-refractivity contribution is 5.41. The Balaban J connectivity index is 2.08. The summed E-state index contributed by atoms with van der Waals surface area (Å²) in [6, 6.07) is 6.64. The highest BCUT2D eigenvalue weighted by Gasteiger charge is 2.38. The van der Waals surface area contributed by atoms with Crippen LogP contribution >= 0.6 is 0 Å². The first-order valence-electron chi connectivity index (χ1n) is 7.07. The van der Waals surface area contributed by atoms with Gasteiger partial charge in [0.25, 0.3) is 0 Å². The van der Waals surface area contributed by atoms with Gasteiger partial charge < -0.3 is 14.8 Å². The fourth-order valence-electron chi connectivity index (χ4n) is 2.82. The summed E-state index contributed by atoms with van der Waals surface area (Å²) in [5.74, 6) is 1.00. The lowest BCUT2D eigenvalue weighted by atomic mass is 9.64. The summed E-state index contributed by atoms with van der Waals surface area (Å²) in [6.07, 6.45) is 3.85. The molecule has 0 amide bonds. The number of aryl methyl sites for hydroxylation is 1. The number of rotatable bonds is 7. The molecule has 1 aromatic carbocycles. The van der Waals surface area contributed by atoms with Gasteiger partial charge in [0, 0.05) is 25.6 Å². The predicted octanol–water partition coefficient (Wildman–Crippen LogP) is 2.66. The van der Waals surface area contributed by atoms with Gasteiger partial charge in [-0.1, -0.05) is 18.6 Å². The molecule has 1 fully saturated rings. The Labute approximate surface area is 116 Å². The van der Waals surface area contributed by atoms with Gasteiger partial charge in [-0.15, -0.1) is 0 Å². The number of hydrogen-bond donors (Lipinski definition) is 1. The molecule has 0 heterocycles. The summed E-state index contributed by atoms with van der Waals surface area (Å²) in [6.45, 7) is 4.81. The fourth-order valence-corrected chi connectivity index (χ4v) is 2.82. The summed E-state index contributed by atoms with van der Waals surface area (Å²) >= 11 is 0. The minimum atomic E-state index is 0.300. The first-order valence-corrected chi connectivity index (χ1v) is 7.07. The number of ether oxygens (including phenoxy) is 2. The third-order valence-corrected chi connectivity index (χ3v) is 4.28. The van der Waals surface area contributed by atoms with Gasteiger partial charge in [0.15, 0.2) is 0 Å². The van der Waals surface area contributed by atoms with E-state index in [-0.39, 0.29) is 0 Å². The standard InChI is InChI=1S/C16H25NO2/c1-13-5-6-14(11-15(13)19-3)16(7-4-8-16)12-17-9-10-18-2/h5-6,11,17H,4,7-10,12H2,1-3H3. The molecule has 2 rings (SSSR count). The maximum Gasteiger partial charge on any atom is 0.122 e. The van der Waals surface area contributed by atoms with Crippen LogP contribution in [0.25, 0.3) is 0 Å². The summed E-state index contributed by atoms with van der Waals surface area (Å²) < 4.78 is 10.5. The van der Waals surface area contributed by atoms with Crippen molar-refractivity contribution >= 4 is 0 Å². The van der Waals surface area contributed by atoms with Crippen LogP contribution in [0.4, 0.5) is 0 Å². The van der Waals surface area contributed by atoms with Crippen LogP contribution in [0.15, 0.2) is 18.2 Å². The largest absolute Gasteiger partial charge is 0.496 e. The SMILES string of the molecule is COCCNCC1(c2ccc(C)c(OC)c2)CCC1. The molecule has 0 radical (unpaired) electrons. The summed E-state index contributed by atoms with van der Waals surface area (Å²) in [7, 11) is 3.49. The van der Waals surface area contributed by atoms with Gasteiger partial charge in [0.1, 0.15) is 5.75 Å². The Morgan fingerprint density at radius 2 is 2.05 bits per heavy atom. The van der Waals surface area contributed by atoms with Gasteiger partial charge in [0.05, 0.1) is 13.7 Å². The van der Waals surface area contributed by atoms with E-state index in [9.17, 15) is 0 Å². The van der Waals surface area contributed by atoms with Crippen molar-refractivity contribution in [1.82, 2.24) is 5.32 Å². The Morgan fingerprint density at radius 1 is 1.26 bits per heavy atom. The molecule has 1 aliphatic rings. The second-order valence-corrected chi connectivity index (χ2v) is 5.49. The average molecular weight is 263 g/mol. The Morgan fingerprint density at radius 3 is 2.63 bits per heavy atom. The molecule has 0 saturated heterocycles. The lowest BCUT2D eigenvalue weighted by Crippen LogP contribution is -2.44. The molecule has 3 nitrogen and oxygen atoms in total. The molecule has 1 saturated carbocycles. The van der Waals surface area contributed by atoms with E-state index in [4.69, 9.17) is 9.47 Å². The number of hydrogen-bond acceptors (Lipinski definition) is 3. The third-order valence-electron chi connectivity index (χ3n) is 4.28. The van der Waals surface area contributed by atoms with E-state index in [0.717, 1.165) is 25.4 Å². The Bertz CT molecular complexity index is 413. The summed E-state index contributed by atoms with van der Waals surface area (Å²) in [5, 5.41) is 3.51. The van der Waals surface area contributed by atoms with Crippen molar-refractivity contribution in [3.05, 3.63) is 29.3 Å². The lowest BCUT2D eigenvalue weighted by Gasteiger charge is -2.43. The van der Waals surface area contributed by atoms with Gasteiger partial charge in [-0.2, -0.15) is 0 Å². The number of methoxy groups -OCH3 is 2. The van der Waals surface area contributed by atoms with E-state index in [0.29, 0.717) is 5.41 Å². The van der Waals surface area contributed by atoms with Crippen molar-refractivity contribution in [3.63, 3.8) is 0 Å². The fraction of sp³-hybridized carbons (Fsp3) is 0.625. The molecule has 1 aliphatic carbocycles. The average Bonchev–Trinajstić information content (AvgIpc) is 2.38. The van der Waals surface area contributed by atoms with Crippen LogP contribution < -0.4 is 10.1 Å². The number of benzene rings is 1. The van der Waals surface area contributed by atoms with Crippen molar-refractivity contribution in [3.8, 4) is 5.75 Å². The molecule has 0 aliphatic heterocycles. The Kier molecular flexibility index (Phi) is 4.83. The van der Waals surface area contributed by atoms with E-state index in [1.54, 1.807) is 14.2 Å². The van der Waals surface area contributed by atoms with E-state index >= 15 is 0 Å². The molecule has 1 N–H and O–H groups in total. The topological polar surface area (TPSA) is 30.5 Å². The van der Waals surface area contributed by atoms with E-state index in [2.05, 4.69) is 30.4 Å². The quantitative estimate of drug-likeness (QED) is 0.767. The first-order chi connectivity index (χ1) is 9.22.